The van der Waals surface area contributed by atoms with Crippen molar-refractivity contribution in [1.82, 2.24) is 0 Å². The Morgan fingerprint density at radius 3 is 1.88 bits per heavy atom. The first kappa shape index (κ1) is 27.5. The van der Waals surface area contributed by atoms with Crippen molar-refractivity contribution >= 4 is 5.97 Å². The van der Waals surface area contributed by atoms with Crippen LogP contribution in [0.1, 0.15) is 6.92 Å². The smallest absolute Gasteiger partial charge is 0.335 e. The lowest BCUT2D eigenvalue weighted by atomic mass is 9.96. The molecule has 0 bridgehead atoms. The predicted molar refractivity (Wildman–Crippen MR) is 100 cm³/mol. The Kier molecular flexibility index (Phi) is 8.81. The summed E-state index contributed by atoms with van der Waals surface area (Å²) in [7, 11) is 0. The van der Waals surface area contributed by atoms with Crippen LogP contribution in [0.4, 0.5) is 0 Å². The van der Waals surface area contributed by atoms with Gasteiger partial charge in [-0.05, 0) is 6.92 Å². The summed E-state index contributed by atoms with van der Waals surface area (Å²) in [6, 6.07) is 0. The van der Waals surface area contributed by atoms with E-state index in [4.69, 9.17) is 28.8 Å². The zero-order valence-corrected chi connectivity index (χ0v) is 17.8. The molecule has 0 aromatic rings. The Hall–Kier alpha value is -1.09. The van der Waals surface area contributed by atoms with E-state index in [1.54, 1.807) is 0 Å². The van der Waals surface area contributed by atoms with Crippen LogP contribution in [0.5, 0.6) is 0 Å². The van der Waals surface area contributed by atoms with Crippen molar-refractivity contribution in [2.45, 2.75) is 99.0 Å². The molecule has 198 valence electrons. The van der Waals surface area contributed by atoms with Gasteiger partial charge in [-0.15, -0.1) is 0 Å². The Morgan fingerprint density at radius 2 is 1.29 bits per heavy atom. The van der Waals surface area contributed by atoms with Gasteiger partial charge in [0.2, 0.25) is 0 Å². The highest BCUT2D eigenvalue weighted by molar-refractivity contribution is 5.73. The fourth-order valence-corrected chi connectivity index (χ4v) is 3.95. The fraction of sp³-hybridized carbons (Fsp3) is 0.944. The van der Waals surface area contributed by atoms with Gasteiger partial charge in [0.1, 0.15) is 61.0 Å². The van der Waals surface area contributed by atoms with Gasteiger partial charge in [0.05, 0.1) is 12.7 Å². The number of aliphatic hydroxyl groups is 9. The predicted octanol–water partition coefficient (Wildman–Crippen LogP) is -6.45. The molecule has 34 heavy (non-hydrogen) atoms. The quantitative estimate of drug-likeness (QED) is 0.162. The van der Waals surface area contributed by atoms with Gasteiger partial charge >= 0.3 is 5.97 Å². The molecule has 3 aliphatic heterocycles. The van der Waals surface area contributed by atoms with Crippen LogP contribution in [0.25, 0.3) is 0 Å². The molecule has 3 heterocycles. The molecule has 15 atom stereocenters. The maximum atomic E-state index is 11.1. The van der Waals surface area contributed by atoms with Gasteiger partial charge in [-0.1, -0.05) is 0 Å². The molecule has 3 fully saturated rings. The van der Waals surface area contributed by atoms with Crippen LogP contribution in [0, 0.1) is 0 Å². The first-order valence-electron chi connectivity index (χ1n) is 10.4. The molecule has 0 radical (unpaired) electrons. The van der Waals surface area contributed by atoms with E-state index < -0.39 is 105 Å². The van der Waals surface area contributed by atoms with Crippen LogP contribution in [-0.4, -0.2) is 156 Å². The van der Waals surface area contributed by atoms with Crippen molar-refractivity contribution in [3.8, 4) is 0 Å². The minimum Gasteiger partial charge on any atom is -0.479 e. The molecule has 3 aliphatic rings. The summed E-state index contributed by atoms with van der Waals surface area (Å²) in [5, 5.41) is 99.7. The molecule has 16 nitrogen and oxygen atoms in total. The molecular formula is C18H30O16. The van der Waals surface area contributed by atoms with Gasteiger partial charge in [-0.25, -0.2) is 4.79 Å². The van der Waals surface area contributed by atoms with E-state index in [0.29, 0.717) is 0 Å². The second-order valence-electron chi connectivity index (χ2n) is 8.36. The topological polar surface area (TPSA) is 266 Å². The zero-order chi connectivity index (χ0) is 25.5. The third kappa shape index (κ3) is 5.20. The number of carbonyl (C=O) groups is 1. The SMILES string of the molecule is C[C@@H]1O[C@H](O[C@H]2[C@H](O[C@@H]3[C@@H](O)[C@H](O)[C@@H](C(=O)O)O[C@H]3O)O[C@H](CO)[C@@H](O)[C@@H]2O)[C@H](O)[C@H](O)[C@H]1O. The molecule has 16 heteroatoms. The number of hydrogen-bond acceptors (Lipinski definition) is 15. The molecule has 0 saturated carbocycles. The summed E-state index contributed by atoms with van der Waals surface area (Å²) in [4.78, 5) is 11.1. The number of rotatable bonds is 6. The van der Waals surface area contributed by atoms with Gasteiger partial charge < -0.3 is 74.7 Å². The molecule has 0 aliphatic carbocycles. The maximum absolute atomic E-state index is 11.1. The molecule has 0 aromatic carbocycles. The summed E-state index contributed by atoms with van der Waals surface area (Å²) in [5.74, 6) is -1.67. The normalized spacial score (nSPS) is 52.4. The molecule has 10 N–H and O–H groups in total. The number of aliphatic hydroxyl groups excluding tert-OH is 9. The number of aliphatic carboxylic acids is 1. The molecule has 3 saturated heterocycles. The second-order valence-corrected chi connectivity index (χ2v) is 8.36. The van der Waals surface area contributed by atoms with Gasteiger partial charge in [-0.2, -0.15) is 0 Å². The van der Waals surface area contributed by atoms with Crippen LogP contribution >= 0.6 is 0 Å². The minimum atomic E-state index is -2.10. The van der Waals surface area contributed by atoms with Gasteiger partial charge in [0.15, 0.2) is 25.0 Å². The van der Waals surface area contributed by atoms with E-state index in [1.165, 1.54) is 6.92 Å². The highest BCUT2D eigenvalue weighted by atomic mass is 16.8. The lowest BCUT2D eigenvalue weighted by molar-refractivity contribution is -0.388. The van der Waals surface area contributed by atoms with E-state index in [9.17, 15) is 50.8 Å². The Labute approximate surface area is 192 Å². The van der Waals surface area contributed by atoms with Gasteiger partial charge in [0, 0.05) is 0 Å². The van der Waals surface area contributed by atoms with Gasteiger partial charge in [0.25, 0.3) is 0 Å². The van der Waals surface area contributed by atoms with Crippen molar-refractivity contribution in [2.75, 3.05) is 6.61 Å². The first-order chi connectivity index (χ1) is 15.9. The van der Waals surface area contributed by atoms with E-state index in [2.05, 4.69) is 0 Å². The Bertz CT molecular complexity index is 695. The van der Waals surface area contributed by atoms with Crippen LogP contribution in [-0.2, 0) is 28.5 Å². The number of carboxylic acids is 1. The molecule has 0 aromatic heterocycles. The number of carboxylic acid groups (broad SMARTS) is 1. The monoisotopic (exact) mass is 502 g/mol. The maximum Gasteiger partial charge on any atom is 0.335 e. The van der Waals surface area contributed by atoms with Crippen molar-refractivity contribution in [3.05, 3.63) is 0 Å². The standard InChI is InChI=1S/C18H30O16/c1-3-5(20)7(22)11(26)17(30-3)34-14-8(23)6(21)4(2-19)31-18(14)33-13-10(25)9(24)12(15(27)28)32-16(13)29/h3-14,16-26,29H,2H2,1H3,(H,27,28)/t3-,4+,5-,6+,7+,8-,9-,10-,11+,12-,13+,14+,16+,17+,18-/m0/s1. The summed E-state index contributed by atoms with van der Waals surface area (Å²) >= 11 is 0. The summed E-state index contributed by atoms with van der Waals surface area (Å²) in [6.07, 6.45) is -26.4. The summed E-state index contributed by atoms with van der Waals surface area (Å²) < 4.78 is 26.3. The minimum absolute atomic E-state index is 0.814. The van der Waals surface area contributed by atoms with E-state index in [1.807, 2.05) is 0 Å². The van der Waals surface area contributed by atoms with Crippen LogP contribution in [0.2, 0.25) is 0 Å². The molecule has 0 amide bonds. The van der Waals surface area contributed by atoms with Crippen molar-refractivity contribution in [1.29, 1.82) is 0 Å². The van der Waals surface area contributed by atoms with Gasteiger partial charge in [-0.3, -0.25) is 0 Å². The van der Waals surface area contributed by atoms with Crippen molar-refractivity contribution in [3.63, 3.8) is 0 Å². The Morgan fingerprint density at radius 1 is 0.706 bits per heavy atom. The largest absolute Gasteiger partial charge is 0.479 e. The molecular weight excluding hydrogens is 472 g/mol. The van der Waals surface area contributed by atoms with E-state index in [0.717, 1.165) is 0 Å². The summed E-state index contributed by atoms with van der Waals surface area (Å²) in [6.45, 7) is 0.548. The molecule has 0 spiro atoms. The zero-order valence-electron chi connectivity index (χ0n) is 17.8. The lowest BCUT2D eigenvalue weighted by Crippen LogP contribution is -2.66. The average Bonchev–Trinajstić information content (AvgIpc) is 2.79. The van der Waals surface area contributed by atoms with Crippen LogP contribution < -0.4 is 0 Å². The average molecular weight is 502 g/mol. The third-order valence-corrected chi connectivity index (χ3v) is 6.02. The molecule has 0 unspecified atom stereocenters. The van der Waals surface area contributed by atoms with Crippen molar-refractivity contribution in [2.24, 2.45) is 0 Å². The van der Waals surface area contributed by atoms with Crippen LogP contribution in [0.15, 0.2) is 0 Å². The van der Waals surface area contributed by atoms with E-state index >= 15 is 0 Å². The fourth-order valence-electron chi connectivity index (χ4n) is 3.95. The lowest BCUT2D eigenvalue weighted by Gasteiger charge is -2.47. The first-order valence-corrected chi connectivity index (χ1v) is 10.4. The highest BCUT2D eigenvalue weighted by Gasteiger charge is 2.54. The number of ether oxygens (including phenoxy) is 5. The van der Waals surface area contributed by atoms with Crippen LogP contribution in [0.3, 0.4) is 0 Å². The summed E-state index contributed by atoms with van der Waals surface area (Å²) in [5.41, 5.74) is 0. The number of hydrogen-bond donors (Lipinski definition) is 10. The molecule has 3 rings (SSSR count). The third-order valence-electron chi connectivity index (χ3n) is 6.02. The van der Waals surface area contributed by atoms with Crippen molar-refractivity contribution < 1.29 is 79.5 Å². The Balaban J connectivity index is 1.82. The highest BCUT2D eigenvalue weighted by Crippen LogP contribution is 2.32. The van der Waals surface area contributed by atoms with E-state index in [-0.39, 0.29) is 0 Å². The second kappa shape index (κ2) is 10.9.